The van der Waals surface area contributed by atoms with Crippen molar-refractivity contribution in [1.29, 1.82) is 0 Å². The van der Waals surface area contributed by atoms with Crippen LogP contribution in [0.25, 0.3) is 0 Å². The molecule has 1 aromatic heterocycles. The highest BCUT2D eigenvalue weighted by atomic mass is 16.5. The van der Waals surface area contributed by atoms with Crippen LogP contribution in [0.1, 0.15) is 27.9 Å². The fourth-order valence-corrected chi connectivity index (χ4v) is 3.05. The predicted octanol–water partition coefficient (Wildman–Crippen LogP) is 4.42. The van der Waals surface area contributed by atoms with Gasteiger partial charge in [-0.1, -0.05) is 29.8 Å². The summed E-state index contributed by atoms with van der Waals surface area (Å²) in [6, 6.07) is 17.1. The number of hydrogen-bond donors (Lipinski definition) is 2. The van der Waals surface area contributed by atoms with Crippen molar-refractivity contribution in [3.8, 4) is 11.5 Å². The molecule has 0 radical (unpaired) electrons. The first kappa shape index (κ1) is 18.8. The molecule has 0 fully saturated rings. The second-order valence-corrected chi connectivity index (χ2v) is 6.90. The van der Waals surface area contributed by atoms with Crippen molar-refractivity contribution in [2.24, 2.45) is 0 Å². The molecule has 29 heavy (non-hydrogen) atoms. The summed E-state index contributed by atoms with van der Waals surface area (Å²) in [5.74, 6) is 2.06. The number of hydrogen-bond acceptors (Lipinski definition) is 5. The first-order valence-corrected chi connectivity index (χ1v) is 9.64. The van der Waals surface area contributed by atoms with Crippen molar-refractivity contribution in [2.75, 3.05) is 23.8 Å². The van der Waals surface area contributed by atoms with Gasteiger partial charge >= 0.3 is 0 Å². The molecule has 0 aliphatic carbocycles. The molecule has 2 heterocycles. The topological polar surface area (TPSA) is 72.5 Å². The number of ether oxygens (including phenoxy) is 2. The fraction of sp³-hybridized carbons (Fsp3) is 0.217. The van der Waals surface area contributed by atoms with E-state index in [4.69, 9.17) is 9.47 Å². The molecule has 1 aliphatic heterocycles. The van der Waals surface area contributed by atoms with E-state index >= 15 is 0 Å². The summed E-state index contributed by atoms with van der Waals surface area (Å²) in [5.41, 5.74) is 3.41. The quantitative estimate of drug-likeness (QED) is 0.676. The molecule has 0 bridgehead atoms. The van der Waals surface area contributed by atoms with Crippen molar-refractivity contribution in [1.82, 2.24) is 4.98 Å². The lowest BCUT2D eigenvalue weighted by Crippen LogP contribution is -2.12. The second kappa shape index (κ2) is 8.65. The Morgan fingerprint density at radius 2 is 1.86 bits per heavy atom. The zero-order chi connectivity index (χ0) is 20.1. The van der Waals surface area contributed by atoms with Crippen LogP contribution in [0.5, 0.6) is 11.5 Å². The van der Waals surface area contributed by atoms with Gasteiger partial charge in [-0.05, 0) is 37.3 Å². The van der Waals surface area contributed by atoms with Crippen LogP contribution < -0.4 is 20.1 Å². The van der Waals surface area contributed by atoms with E-state index in [0.29, 0.717) is 31.1 Å². The highest BCUT2D eigenvalue weighted by molar-refractivity contribution is 6.04. The standard InChI is InChI=1S/C23H23N3O3/c1-16-6-9-19(10-7-16)26-23(27)18-8-11-21(25-15-18)24-14-17-4-2-5-20-22(17)29-13-3-12-28-20/h2,4-11,15H,3,12-14H2,1H3,(H,24,25)(H,26,27). The summed E-state index contributed by atoms with van der Waals surface area (Å²) in [5, 5.41) is 6.15. The molecule has 6 heteroatoms. The first-order valence-electron chi connectivity index (χ1n) is 9.64. The van der Waals surface area contributed by atoms with E-state index < -0.39 is 0 Å². The van der Waals surface area contributed by atoms with Gasteiger partial charge in [0, 0.05) is 30.4 Å². The zero-order valence-corrected chi connectivity index (χ0v) is 16.3. The molecule has 4 rings (SSSR count). The lowest BCUT2D eigenvalue weighted by atomic mass is 10.2. The van der Waals surface area contributed by atoms with Gasteiger partial charge in [-0.25, -0.2) is 4.98 Å². The average Bonchev–Trinajstić information content (AvgIpc) is 3.00. The van der Waals surface area contributed by atoms with Crippen LogP contribution in [0, 0.1) is 6.92 Å². The number of para-hydroxylation sites is 1. The maximum atomic E-state index is 12.4. The van der Waals surface area contributed by atoms with Crippen molar-refractivity contribution in [3.63, 3.8) is 0 Å². The van der Waals surface area contributed by atoms with E-state index in [1.807, 2.05) is 49.4 Å². The minimum absolute atomic E-state index is 0.188. The fourth-order valence-electron chi connectivity index (χ4n) is 3.05. The van der Waals surface area contributed by atoms with Crippen LogP contribution in [0.2, 0.25) is 0 Å². The maximum Gasteiger partial charge on any atom is 0.257 e. The highest BCUT2D eigenvalue weighted by Gasteiger charge is 2.14. The summed E-state index contributed by atoms with van der Waals surface area (Å²) < 4.78 is 11.6. The van der Waals surface area contributed by atoms with Crippen molar-refractivity contribution >= 4 is 17.4 Å². The maximum absolute atomic E-state index is 12.4. The van der Waals surface area contributed by atoms with Crippen molar-refractivity contribution < 1.29 is 14.3 Å². The van der Waals surface area contributed by atoms with Crippen LogP contribution in [-0.2, 0) is 6.54 Å². The number of aryl methyl sites for hydroxylation is 1. The average molecular weight is 389 g/mol. The number of anilines is 2. The third-order valence-corrected chi connectivity index (χ3v) is 4.65. The molecule has 0 saturated heterocycles. The minimum Gasteiger partial charge on any atom is -0.490 e. The van der Waals surface area contributed by atoms with Crippen molar-refractivity contribution in [3.05, 3.63) is 77.5 Å². The number of carbonyl (C=O) groups is 1. The van der Waals surface area contributed by atoms with E-state index in [0.717, 1.165) is 34.7 Å². The molecule has 2 aromatic carbocycles. The smallest absolute Gasteiger partial charge is 0.257 e. The number of nitrogens with one attached hydrogen (secondary N) is 2. The lowest BCUT2D eigenvalue weighted by Gasteiger charge is -2.13. The van der Waals surface area contributed by atoms with Crippen molar-refractivity contribution in [2.45, 2.75) is 19.9 Å². The first-order chi connectivity index (χ1) is 14.2. The number of pyridine rings is 1. The molecule has 0 atom stereocenters. The van der Waals surface area contributed by atoms with Gasteiger partial charge in [0.1, 0.15) is 5.82 Å². The molecule has 6 nitrogen and oxygen atoms in total. The molecule has 2 N–H and O–H groups in total. The molecular weight excluding hydrogens is 366 g/mol. The Kier molecular flexibility index (Phi) is 5.61. The Labute approximate surface area is 169 Å². The normalized spacial score (nSPS) is 12.7. The van der Waals surface area contributed by atoms with Gasteiger partial charge in [-0.2, -0.15) is 0 Å². The Balaban J connectivity index is 1.39. The molecular formula is C23H23N3O3. The SMILES string of the molecule is Cc1ccc(NC(=O)c2ccc(NCc3cccc4c3OCCCO4)nc2)cc1. The van der Waals surface area contributed by atoms with Crippen LogP contribution in [-0.4, -0.2) is 24.1 Å². The van der Waals surface area contributed by atoms with Gasteiger partial charge in [0.2, 0.25) is 0 Å². The monoisotopic (exact) mass is 389 g/mol. The van der Waals surface area contributed by atoms with Gasteiger partial charge in [-0.15, -0.1) is 0 Å². The molecule has 0 unspecified atom stereocenters. The number of benzene rings is 2. The summed E-state index contributed by atoms with van der Waals surface area (Å²) in [7, 11) is 0. The summed E-state index contributed by atoms with van der Waals surface area (Å²) in [6.45, 7) is 3.87. The Morgan fingerprint density at radius 1 is 1.03 bits per heavy atom. The third kappa shape index (κ3) is 4.66. The number of fused-ring (bicyclic) bond motifs is 1. The largest absolute Gasteiger partial charge is 0.490 e. The van der Waals surface area contributed by atoms with E-state index in [9.17, 15) is 4.79 Å². The van der Waals surface area contributed by atoms with Gasteiger partial charge in [-0.3, -0.25) is 4.79 Å². The molecule has 3 aromatic rings. The Bertz CT molecular complexity index is 985. The molecule has 1 amide bonds. The molecule has 0 spiro atoms. The number of rotatable bonds is 5. The predicted molar refractivity (Wildman–Crippen MR) is 113 cm³/mol. The number of carbonyl (C=O) groups excluding carboxylic acids is 1. The molecule has 1 aliphatic rings. The van der Waals surface area contributed by atoms with E-state index in [2.05, 4.69) is 15.6 Å². The zero-order valence-electron chi connectivity index (χ0n) is 16.3. The van der Waals surface area contributed by atoms with Gasteiger partial charge < -0.3 is 20.1 Å². The van der Waals surface area contributed by atoms with Crippen LogP contribution in [0.15, 0.2) is 60.8 Å². The Morgan fingerprint density at radius 3 is 2.66 bits per heavy atom. The summed E-state index contributed by atoms with van der Waals surface area (Å²) in [4.78, 5) is 16.7. The number of aromatic nitrogens is 1. The van der Waals surface area contributed by atoms with E-state index in [1.165, 1.54) is 0 Å². The highest BCUT2D eigenvalue weighted by Crippen LogP contribution is 2.33. The van der Waals surface area contributed by atoms with E-state index in [1.54, 1.807) is 18.3 Å². The lowest BCUT2D eigenvalue weighted by molar-refractivity contribution is 0.102. The van der Waals surface area contributed by atoms with Gasteiger partial charge in [0.25, 0.3) is 5.91 Å². The van der Waals surface area contributed by atoms with Crippen LogP contribution >= 0.6 is 0 Å². The second-order valence-electron chi connectivity index (χ2n) is 6.90. The van der Waals surface area contributed by atoms with Crippen LogP contribution in [0.3, 0.4) is 0 Å². The molecule has 148 valence electrons. The van der Waals surface area contributed by atoms with Crippen LogP contribution in [0.4, 0.5) is 11.5 Å². The van der Waals surface area contributed by atoms with Gasteiger partial charge in [0.05, 0.1) is 18.8 Å². The van der Waals surface area contributed by atoms with Gasteiger partial charge in [0.15, 0.2) is 11.5 Å². The number of nitrogens with zero attached hydrogens (tertiary/aromatic N) is 1. The molecule has 0 saturated carbocycles. The summed E-state index contributed by atoms with van der Waals surface area (Å²) >= 11 is 0. The third-order valence-electron chi connectivity index (χ3n) is 4.65. The number of amides is 1. The minimum atomic E-state index is -0.188. The van der Waals surface area contributed by atoms with E-state index in [-0.39, 0.29) is 5.91 Å². The summed E-state index contributed by atoms with van der Waals surface area (Å²) in [6.07, 6.45) is 2.44. The Hall–Kier alpha value is -3.54.